The fraction of sp³-hybridized carbons (Fsp3) is 0.345. The second-order valence-corrected chi connectivity index (χ2v) is 10.5. The van der Waals surface area contributed by atoms with Crippen LogP contribution in [0.1, 0.15) is 22.7 Å². The van der Waals surface area contributed by atoms with E-state index in [1.165, 1.54) is 20.9 Å². The summed E-state index contributed by atoms with van der Waals surface area (Å²) in [5.74, 6) is 0.892. The van der Waals surface area contributed by atoms with Crippen molar-refractivity contribution in [2.75, 3.05) is 53.4 Å². The van der Waals surface area contributed by atoms with Gasteiger partial charge in [0.1, 0.15) is 12.4 Å². The molecule has 5 nitrogen and oxygen atoms in total. The van der Waals surface area contributed by atoms with Crippen molar-refractivity contribution in [2.24, 2.45) is 5.10 Å². The van der Waals surface area contributed by atoms with Crippen molar-refractivity contribution in [1.82, 2.24) is 14.8 Å². The van der Waals surface area contributed by atoms with Gasteiger partial charge in [-0.1, -0.05) is 60.3 Å². The largest absolute Gasteiger partial charge is 0.492 e. The number of likely N-dealkylation sites (N-methyl/N-ethyl adjacent to an activating group) is 1. The third-order valence-corrected chi connectivity index (χ3v) is 7.90. The Hall–Kier alpha value is -2.80. The molecule has 0 saturated carbocycles. The van der Waals surface area contributed by atoms with Gasteiger partial charge in [-0.15, -0.1) is 0 Å². The van der Waals surface area contributed by atoms with Gasteiger partial charge in [-0.05, 0) is 55.9 Å². The topological polar surface area (TPSA) is 31.3 Å². The molecular weight excluding hydrogens is 452 g/mol. The zero-order valence-corrected chi connectivity index (χ0v) is 21.5. The summed E-state index contributed by atoms with van der Waals surface area (Å²) in [5.41, 5.74) is 3.93. The summed E-state index contributed by atoms with van der Waals surface area (Å²) >= 11 is 1.91. The van der Waals surface area contributed by atoms with Crippen LogP contribution in [0.4, 0.5) is 0 Å². The van der Waals surface area contributed by atoms with Crippen molar-refractivity contribution >= 4 is 18.0 Å². The maximum absolute atomic E-state index is 6.00. The van der Waals surface area contributed by atoms with Crippen LogP contribution in [0, 0.1) is 0 Å². The predicted octanol–water partition coefficient (Wildman–Crippen LogP) is 5.03. The summed E-state index contributed by atoms with van der Waals surface area (Å²) in [6.45, 7) is 5.41. The first-order valence-electron chi connectivity index (χ1n) is 12.4. The lowest BCUT2D eigenvalue weighted by atomic mass is 9.97. The first-order chi connectivity index (χ1) is 17.2. The highest BCUT2D eigenvalue weighted by molar-refractivity contribution is 7.99. The van der Waals surface area contributed by atoms with Gasteiger partial charge in [-0.2, -0.15) is 5.10 Å². The molecule has 0 aliphatic carbocycles. The zero-order chi connectivity index (χ0) is 24.0. The molecule has 0 N–H and O–H groups in total. The maximum Gasteiger partial charge on any atom is 0.128 e. The second kappa shape index (κ2) is 11.3. The molecule has 0 spiro atoms. The number of hydrazone groups is 1. The van der Waals surface area contributed by atoms with Crippen molar-refractivity contribution in [3.05, 3.63) is 89.5 Å². The first-order valence-corrected chi connectivity index (χ1v) is 13.2. The number of hydrogen-bond acceptors (Lipinski definition) is 6. The van der Waals surface area contributed by atoms with E-state index in [1.807, 2.05) is 36.2 Å². The molecule has 1 fully saturated rings. The number of hydrogen-bond donors (Lipinski definition) is 0. The molecule has 2 aliphatic rings. The molecular formula is C29H34N4OS. The van der Waals surface area contributed by atoms with Crippen LogP contribution in [0.25, 0.3) is 0 Å². The molecule has 1 saturated heterocycles. The van der Waals surface area contributed by atoms with E-state index in [1.54, 1.807) is 0 Å². The van der Waals surface area contributed by atoms with Crippen molar-refractivity contribution in [2.45, 2.75) is 22.3 Å². The van der Waals surface area contributed by atoms with E-state index in [0.717, 1.165) is 50.5 Å². The number of para-hydroxylation sites is 1. The molecule has 6 heteroatoms. The second-order valence-electron chi connectivity index (χ2n) is 9.39. The average molecular weight is 487 g/mol. The monoisotopic (exact) mass is 486 g/mol. The van der Waals surface area contributed by atoms with E-state index >= 15 is 0 Å². The smallest absolute Gasteiger partial charge is 0.128 e. The van der Waals surface area contributed by atoms with Crippen LogP contribution in [-0.4, -0.2) is 74.4 Å². The molecule has 2 heterocycles. The van der Waals surface area contributed by atoms with E-state index in [4.69, 9.17) is 9.84 Å². The first kappa shape index (κ1) is 23.9. The lowest BCUT2D eigenvalue weighted by Gasteiger charge is -2.38. The quantitative estimate of drug-likeness (QED) is 0.438. The highest BCUT2D eigenvalue weighted by atomic mass is 32.2. The minimum Gasteiger partial charge on any atom is -0.492 e. The zero-order valence-electron chi connectivity index (χ0n) is 20.6. The summed E-state index contributed by atoms with van der Waals surface area (Å²) in [4.78, 5) is 7.54. The highest BCUT2D eigenvalue weighted by Crippen LogP contribution is 2.42. The Morgan fingerprint density at radius 3 is 2.46 bits per heavy atom. The molecule has 0 bridgehead atoms. The maximum atomic E-state index is 6.00. The lowest BCUT2D eigenvalue weighted by Crippen LogP contribution is -2.46. The Balaban J connectivity index is 1.25. The Bertz CT molecular complexity index is 1160. The SMILES string of the molecule is CN(C)CCOc1ccccc1C=NN1CCN(C2Cc3ccccc3Sc3ccccc32)CC1. The van der Waals surface area contributed by atoms with Gasteiger partial charge in [0.15, 0.2) is 0 Å². The molecule has 0 amide bonds. The molecule has 0 aromatic heterocycles. The van der Waals surface area contributed by atoms with E-state index in [9.17, 15) is 0 Å². The molecule has 3 aromatic rings. The number of piperazine rings is 1. The third-order valence-electron chi connectivity index (χ3n) is 6.69. The fourth-order valence-electron chi connectivity index (χ4n) is 4.72. The highest BCUT2D eigenvalue weighted by Gasteiger charge is 2.29. The minimum atomic E-state index is 0.402. The number of fused-ring (bicyclic) bond motifs is 2. The van der Waals surface area contributed by atoms with Gasteiger partial charge < -0.3 is 9.64 Å². The fourth-order valence-corrected chi connectivity index (χ4v) is 5.86. The Morgan fingerprint density at radius 2 is 1.63 bits per heavy atom. The van der Waals surface area contributed by atoms with Crippen LogP contribution in [0.15, 0.2) is 87.7 Å². The average Bonchev–Trinajstić information content (AvgIpc) is 3.05. The van der Waals surface area contributed by atoms with Gasteiger partial charge in [0.25, 0.3) is 0 Å². The molecule has 5 rings (SSSR count). The number of nitrogens with zero attached hydrogens (tertiary/aromatic N) is 4. The third kappa shape index (κ3) is 5.89. The van der Waals surface area contributed by atoms with E-state index < -0.39 is 0 Å². The Kier molecular flexibility index (Phi) is 7.72. The van der Waals surface area contributed by atoms with Gasteiger partial charge in [0, 0.05) is 54.1 Å². The van der Waals surface area contributed by atoms with Crippen molar-refractivity contribution in [3.63, 3.8) is 0 Å². The van der Waals surface area contributed by atoms with Gasteiger partial charge in [0.05, 0.1) is 6.21 Å². The molecule has 35 heavy (non-hydrogen) atoms. The van der Waals surface area contributed by atoms with Crippen molar-refractivity contribution in [3.8, 4) is 5.75 Å². The summed E-state index contributed by atoms with van der Waals surface area (Å²) in [7, 11) is 4.11. The molecule has 182 valence electrons. The van der Waals surface area contributed by atoms with Crippen LogP contribution >= 0.6 is 11.8 Å². The summed E-state index contributed by atoms with van der Waals surface area (Å²) < 4.78 is 6.00. The van der Waals surface area contributed by atoms with Gasteiger partial charge in [-0.3, -0.25) is 9.91 Å². The predicted molar refractivity (Wildman–Crippen MR) is 145 cm³/mol. The number of ether oxygens (including phenoxy) is 1. The van der Waals surface area contributed by atoms with Gasteiger partial charge in [-0.25, -0.2) is 0 Å². The van der Waals surface area contributed by atoms with Crippen LogP contribution in [0.3, 0.4) is 0 Å². The molecule has 1 unspecified atom stereocenters. The van der Waals surface area contributed by atoms with Crippen molar-refractivity contribution < 1.29 is 4.74 Å². The molecule has 2 aliphatic heterocycles. The molecule has 3 aromatic carbocycles. The summed E-state index contributed by atoms with van der Waals surface area (Å²) in [6.07, 6.45) is 3.01. The van der Waals surface area contributed by atoms with Crippen LogP contribution in [0.5, 0.6) is 5.75 Å². The minimum absolute atomic E-state index is 0.402. The van der Waals surface area contributed by atoms with Crippen molar-refractivity contribution in [1.29, 1.82) is 0 Å². The number of benzene rings is 3. The Labute approximate surface area is 213 Å². The van der Waals surface area contributed by atoms with Crippen LogP contribution in [-0.2, 0) is 6.42 Å². The Morgan fingerprint density at radius 1 is 0.914 bits per heavy atom. The van der Waals surface area contributed by atoms with E-state index in [-0.39, 0.29) is 0 Å². The van der Waals surface area contributed by atoms with E-state index in [0.29, 0.717) is 12.6 Å². The normalized spacial score (nSPS) is 18.4. The standard InChI is InChI=1S/C29H34N4OS/c1-31(2)19-20-34-27-12-6-3-10-24(27)22-30-33-17-15-32(16-18-33)26-21-23-9-4-7-13-28(23)35-29-14-8-5-11-25(26)29/h3-14,22,26H,15-21H2,1-2H3. The lowest BCUT2D eigenvalue weighted by molar-refractivity contribution is 0.0970. The summed E-state index contributed by atoms with van der Waals surface area (Å²) in [5, 5.41) is 7.02. The van der Waals surface area contributed by atoms with Crippen LogP contribution < -0.4 is 4.74 Å². The number of rotatable bonds is 7. The van der Waals surface area contributed by atoms with E-state index in [2.05, 4.69) is 83.5 Å². The molecule has 1 atom stereocenters. The molecule has 0 radical (unpaired) electrons. The summed E-state index contributed by atoms with van der Waals surface area (Å²) in [6, 6.07) is 26.3. The van der Waals surface area contributed by atoms with Gasteiger partial charge >= 0.3 is 0 Å². The van der Waals surface area contributed by atoms with Gasteiger partial charge in [0.2, 0.25) is 0 Å². The van der Waals surface area contributed by atoms with Crippen LogP contribution in [0.2, 0.25) is 0 Å².